The maximum atomic E-state index is 11.8. The Hall–Kier alpha value is -0.650. The first-order chi connectivity index (χ1) is 8.54. The number of aliphatic hydroxyl groups excluding tert-OH is 1. The van der Waals surface area contributed by atoms with Crippen LogP contribution in [0.5, 0.6) is 0 Å². The van der Waals surface area contributed by atoms with Gasteiger partial charge in [-0.05, 0) is 20.3 Å². The van der Waals surface area contributed by atoms with Crippen molar-refractivity contribution in [1.82, 2.24) is 10.2 Å². The number of carbonyl (C=O) groups excluding carboxylic acids is 1. The summed E-state index contributed by atoms with van der Waals surface area (Å²) in [4.78, 5) is 13.8. The van der Waals surface area contributed by atoms with Crippen molar-refractivity contribution in [1.29, 1.82) is 0 Å². The molecule has 2 atom stereocenters. The van der Waals surface area contributed by atoms with Gasteiger partial charge in [0.15, 0.2) is 0 Å². The van der Waals surface area contributed by atoms with Gasteiger partial charge >= 0.3 is 0 Å². The molecule has 1 heterocycles. The number of piperazine rings is 1. The van der Waals surface area contributed by atoms with Crippen LogP contribution >= 0.6 is 0 Å². The second-order valence-electron chi connectivity index (χ2n) is 5.13. The van der Waals surface area contributed by atoms with Gasteiger partial charge in [0.25, 0.3) is 0 Å². The molecule has 1 amide bonds. The molecule has 5 heteroatoms. The van der Waals surface area contributed by atoms with E-state index in [0.717, 1.165) is 19.4 Å². The Morgan fingerprint density at radius 3 is 2.89 bits per heavy atom. The summed E-state index contributed by atoms with van der Waals surface area (Å²) in [5.74, 6) is 0.0834. The fraction of sp³-hybridized carbons (Fsp3) is 0.923. The molecule has 0 radical (unpaired) electrons. The first-order valence-corrected chi connectivity index (χ1v) is 6.86. The van der Waals surface area contributed by atoms with E-state index in [2.05, 4.69) is 17.1 Å². The zero-order valence-corrected chi connectivity index (χ0v) is 11.7. The summed E-state index contributed by atoms with van der Waals surface area (Å²) in [5.41, 5.74) is 0. The van der Waals surface area contributed by atoms with Gasteiger partial charge in [-0.15, -0.1) is 0 Å². The minimum atomic E-state index is -0.530. The molecule has 106 valence electrons. The second-order valence-corrected chi connectivity index (χ2v) is 5.13. The number of nitrogens with one attached hydrogen (secondary N) is 1. The Balaban J connectivity index is 2.44. The van der Waals surface area contributed by atoms with Gasteiger partial charge in [-0.1, -0.05) is 13.3 Å². The molecule has 2 unspecified atom stereocenters. The number of aliphatic hydroxyl groups is 1. The van der Waals surface area contributed by atoms with Crippen molar-refractivity contribution in [3.05, 3.63) is 0 Å². The fourth-order valence-corrected chi connectivity index (χ4v) is 2.19. The molecule has 0 saturated carbocycles. The number of hydrogen-bond donors (Lipinski definition) is 2. The van der Waals surface area contributed by atoms with E-state index in [1.54, 1.807) is 0 Å². The molecular weight excluding hydrogens is 232 g/mol. The Morgan fingerprint density at radius 1 is 1.56 bits per heavy atom. The monoisotopic (exact) mass is 258 g/mol. The lowest BCUT2D eigenvalue weighted by Crippen LogP contribution is -2.57. The van der Waals surface area contributed by atoms with Crippen LogP contribution in [-0.4, -0.2) is 60.4 Å². The van der Waals surface area contributed by atoms with Gasteiger partial charge < -0.3 is 15.2 Å². The van der Waals surface area contributed by atoms with Crippen LogP contribution in [0, 0.1) is 0 Å². The summed E-state index contributed by atoms with van der Waals surface area (Å²) in [6, 6.07) is -0.0996. The first-order valence-electron chi connectivity index (χ1n) is 6.86. The number of carbonyl (C=O) groups is 1. The number of nitrogens with zero attached hydrogens (tertiary/aromatic N) is 1. The molecule has 1 aliphatic heterocycles. The second kappa shape index (κ2) is 7.71. The van der Waals surface area contributed by atoms with Gasteiger partial charge in [-0.3, -0.25) is 9.69 Å². The van der Waals surface area contributed by atoms with Crippen molar-refractivity contribution >= 4 is 5.91 Å². The molecule has 18 heavy (non-hydrogen) atoms. The van der Waals surface area contributed by atoms with Crippen molar-refractivity contribution < 1.29 is 14.6 Å². The number of hydrogen-bond acceptors (Lipinski definition) is 4. The smallest absolute Gasteiger partial charge is 0.237 e. The van der Waals surface area contributed by atoms with Crippen molar-refractivity contribution in [2.24, 2.45) is 0 Å². The maximum Gasteiger partial charge on any atom is 0.237 e. The van der Waals surface area contributed by atoms with Gasteiger partial charge in [-0.2, -0.15) is 0 Å². The lowest BCUT2D eigenvalue weighted by Gasteiger charge is -2.36. The van der Waals surface area contributed by atoms with Crippen molar-refractivity contribution in [3.8, 4) is 0 Å². The number of amides is 1. The van der Waals surface area contributed by atoms with Gasteiger partial charge in [0.2, 0.25) is 5.91 Å². The largest absolute Gasteiger partial charge is 0.389 e. The topological polar surface area (TPSA) is 61.8 Å². The Morgan fingerprint density at radius 2 is 2.28 bits per heavy atom. The van der Waals surface area contributed by atoms with Crippen LogP contribution in [0.2, 0.25) is 0 Å². The molecule has 1 aliphatic rings. The molecule has 1 rings (SSSR count). The van der Waals surface area contributed by atoms with Crippen LogP contribution < -0.4 is 5.32 Å². The van der Waals surface area contributed by atoms with Gasteiger partial charge in [0.1, 0.15) is 0 Å². The Labute approximate surface area is 109 Å². The SMILES string of the molecule is CCCC1C(=O)NCCN1CC(O)COC(C)C. The summed E-state index contributed by atoms with van der Waals surface area (Å²) >= 11 is 0. The third kappa shape index (κ3) is 4.92. The van der Waals surface area contributed by atoms with Crippen LogP contribution in [0.3, 0.4) is 0 Å². The lowest BCUT2D eigenvalue weighted by molar-refractivity contribution is -0.130. The van der Waals surface area contributed by atoms with E-state index in [4.69, 9.17) is 4.74 Å². The third-order valence-electron chi connectivity index (χ3n) is 3.07. The minimum Gasteiger partial charge on any atom is -0.389 e. The van der Waals surface area contributed by atoms with Gasteiger partial charge in [-0.25, -0.2) is 0 Å². The summed E-state index contributed by atoms with van der Waals surface area (Å²) in [7, 11) is 0. The molecular formula is C13H26N2O3. The molecule has 5 nitrogen and oxygen atoms in total. The van der Waals surface area contributed by atoms with E-state index >= 15 is 0 Å². The average molecular weight is 258 g/mol. The minimum absolute atomic E-state index is 0.0834. The molecule has 1 fully saturated rings. The van der Waals surface area contributed by atoms with E-state index < -0.39 is 6.10 Å². The van der Waals surface area contributed by atoms with Gasteiger partial charge in [0, 0.05) is 19.6 Å². The highest BCUT2D eigenvalue weighted by Gasteiger charge is 2.29. The third-order valence-corrected chi connectivity index (χ3v) is 3.07. The molecule has 0 aromatic rings. The molecule has 0 aromatic heterocycles. The molecule has 1 saturated heterocycles. The van der Waals surface area contributed by atoms with E-state index in [0.29, 0.717) is 19.7 Å². The normalized spacial score (nSPS) is 23.2. The summed E-state index contributed by atoms with van der Waals surface area (Å²) in [6.07, 6.45) is 1.39. The van der Waals surface area contributed by atoms with Crippen LogP contribution in [0.1, 0.15) is 33.6 Å². The zero-order valence-electron chi connectivity index (χ0n) is 11.7. The predicted octanol–water partition coefficient (Wildman–Crippen LogP) is 0.373. The molecule has 0 aromatic carbocycles. The van der Waals surface area contributed by atoms with Crippen molar-refractivity contribution in [3.63, 3.8) is 0 Å². The van der Waals surface area contributed by atoms with Gasteiger partial charge in [0.05, 0.1) is 24.9 Å². The number of ether oxygens (including phenoxy) is 1. The van der Waals surface area contributed by atoms with Crippen molar-refractivity contribution in [2.45, 2.75) is 51.9 Å². The molecule has 0 spiro atoms. The van der Waals surface area contributed by atoms with E-state index in [9.17, 15) is 9.90 Å². The summed E-state index contributed by atoms with van der Waals surface area (Å²) in [6.45, 7) is 8.26. The highest BCUT2D eigenvalue weighted by molar-refractivity contribution is 5.82. The highest BCUT2D eigenvalue weighted by Crippen LogP contribution is 2.11. The van der Waals surface area contributed by atoms with E-state index in [-0.39, 0.29) is 18.1 Å². The van der Waals surface area contributed by atoms with Crippen molar-refractivity contribution in [2.75, 3.05) is 26.2 Å². The highest BCUT2D eigenvalue weighted by atomic mass is 16.5. The Bertz CT molecular complexity index is 259. The van der Waals surface area contributed by atoms with Crippen LogP contribution in [0.25, 0.3) is 0 Å². The predicted molar refractivity (Wildman–Crippen MR) is 70.4 cm³/mol. The maximum absolute atomic E-state index is 11.8. The quantitative estimate of drug-likeness (QED) is 0.693. The molecule has 0 aliphatic carbocycles. The van der Waals surface area contributed by atoms with Crippen LogP contribution in [0.15, 0.2) is 0 Å². The molecule has 2 N–H and O–H groups in total. The van der Waals surface area contributed by atoms with Crippen LogP contribution in [-0.2, 0) is 9.53 Å². The van der Waals surface area contributed by atoms with E-state index in [1.807, 2.05) is 13.8 Å². The average Bonchev–Trinajstić information content (AvgIpc) is 2.31. The standard InChI is InChI=1S/C13H26N2O3/c1-4-5-12-13(17)14-6-7-15(12)8-11(16)9-18-10(2)3/h10-12,16H,4-9H2,1-3H3,(H,14,17). The number of β-amino-alcohol motifs (C(OH)–C–C–N with tert-alkyl or cyclic N) is 1. The fourth-order valence-electron chi connectivity index (χ4n) is 2.19. The van der Waals surface area contributed by atoms with E-state index in [1.165, 1.54) is 0 Å². The van der Waals surface area contributed by atoms with Crippen LogP contribution in [0.4, 0.5) is 0 Å². The summed E-state index contributed by atoms with van der Waals surface area (Å²) in [5, 5.41) is 12.8. The number of rotatable bonds is 7. The first kappa shape index (κ1) is 15.4. The Kier molecular flexibility index (Phi) is 6.60. The molecule has 0 bridgehead atoms. The lowest BCUT2D eigenvalue weighted by atomic mass is 10.1. The zero-order chi connectivity index (χ0) is 13.5. The summed E-state index contributed by atoms with van der Waals surface area (Å²) < 4.78 is 5.39.